The highest BCUT2D eigenvalue weighted by Gasteiger charge is 2.22. The van der Waals surface area contributed by atoms with Crippen LogP contribution in [-0.4, -0.2) is 36.9 Å². The van der Waals surface area contributed by atoms with E-state index in [4.69, 9.17) is 9.72 Å². The number of hydrogen-bond acceptors (Lipinski definition) is 6. The van der Waals surface area contributed by atoms with Gasteiger partial charge in [-0.15, -0.1) is 0 Å². The lowest BCUT2D eigenvalue weighted by molar-refractivity contribution is -0.144. The molecule has 1 fully saturated rings. The molecule has 0 spiro atoms. The second kappa shape index (κ2) is 8.00. The van der Waals surface area contributed by atoms with E-state index < -0.39 is 0 Å². The smallest absolute Gasteiger partial charge is 0.327 e. The zero-order valence-electron chi connectivity index (χ0n) is 16.3. The molecule has 8 nitrogen and oxygen atoms in total. The molecule has 0 saturated heterocycles. The highest BCUT2D eigenvalue weighted by Crippen LogP contribution is 2.32. The summed E-state index contributed by atoms with van der Waals surface area (Å²) in [6.45, 7) is 5.56. The summed E-state index contributed by atoms with van der Waals surface area (Å²) >= 11 is 0. The van der Waals surface area contributed by atoms with Gasteiger partial charge < -0.3 is 14.6 Å². The number of esters is 1. The van der Waals surface area contributed by atoms with E-state index in [-0.39, 0.29) is 12.5 Å². The van der Waals surface area contributed by atoms with Gasteiger partial charge in [0.1, 0.15) is 12.2 Å². The van der Waals surface area contributed by atoms with E-state index in [1.807, 2.05) is 6.20 Å². The van der Waals surface area contributed by atoms with Gasteiger partial charge in [0.15, 0.2) is 0 Å². The number of rotatable bonds is 7. The van der Waals surface area contributed by atoms with Gasteiger partial charge in [-0.2, -0.15) is 10.1 Å². The van der Waals surface area contributed by atoms with Crippen molar-refractivity contribution in [1.82, 2.24) is 24.3 Å². The fourth-order valence-electron chi connectivity index (χ4n) is 3.93. The third-order valence-electron chi connectivity index (χ3n) is 5.25. The Labute approximate surface area is 163 Å². The Morgan fingerprint density at radius 3 is 3.04 bits per heavy atom. The standard InChI is InChI=1S/C20H26N6O2/c1-3-28-18(27)13-26-12-17(10-22-26)23-20-21-9-16-6-7-25(19(16)24-20)11-15-5-4-14(2)8-15/h6-7,9-10,12,14-15H,3-5,8,11,13H2,1-2H3,(H,21,23,24)/t14-,15+/m0/s1. The van der Waals surface area contributed by atoms with Gasteiger partial charge in [-0.05, 0) is 37.7 Å². The summed E-state index contributed by atoms with van der Waals surface area (Å²) < 4.78 is 8.70. The first kappa shape index (κ1) is 18.5. The molecule has 8 heteroatoms. The Kier molecular flexibility index (Phi) is 5.27. The molecular formula is C20H26N6O2. The molecule has 4 rings (SSSR count). The SMILES string of the molecule is CCOC(=O)Cn1cc(Nc2ncc3ccn(C[C@@H]4CC[C@H](C)C4)c3n2)cn1. The van der Waals surface area contributed by atoms with Crippen LogP contribution in [-0.2, 0) is 22.6 Å². The molecule has 3 heterocycles. The molecule has 0 unspecified atom stereocenters. The molecule has 1 aliphatic rings. The lowest BCUT2D eigenvalue weighted by Crippen LogP contribution is -2.13. The van der Waals surface area contributed by atoms with Gasteiger partial charge in [0.05, 0.1) is 18.5 Å². The number of nitrogens with zero attached hydrogens (tertiary/aromatic N) is 5. The van der Waals surface area contributed by atoms with E-state index in [1.54, 1.807) is 19.3 Å². The molecule has 0 aliphatic heterocycles. The summed E-state index contributed by atoms with van der Waals surface area (Å²) in [7, 11) is 0. The van der Waals surface area contributed by atoms with Crippen molar-refractivity contribution in [2.24, 2.45) is 11.8 Å². The second-order valence-electron chi connectivity index (χ2n) is 7.58. The lowest BCUT2D eigenvalue weighted by atomic mass is 10.1. The van der Waals surface area contributed by atoms with Crippen LogP contribution < -0.4 is 5.32 Å². The van der Waals surface area contributed by atoms with Crippen molar-refractivity contribution in [3.05, 3.63) is 30.9 Å². The zero-order valence-corrected chi connectivity index (χ0v) is 16.3. The lowest BCUT2D eigenvalue weighted by Gasteiger charge is -2.12. The minimum Gasteiger partial charge on any atom is -0.465 e. The molecule has 1 saturated carbocycles. The average Bonchev–Trinajstić information content (AvgIpc) is 3.37. The van der Waals surface area contributed by atoms with Crippen molar-refractivity contribution in [1.29, 1.82) is 0 Å². The summed E-state index contributed by atoms with van der Waals surface area (Å²) in [6.07, 6.45) is 11.2. The number of nitrogens with one attached hydrogen (secondary N) is 1. The number of anilines is 2. The maximum atomic E-state index is 11.6. The van der Waals surface area contributed by atoms with Crippen molar-refractivity contribution >= 4 is 28.6 Å². The van der Waals surface area contributed by atoms with Crippen molar-refractivity contribution in [3.63, 3.8) is 0 Å². The Balaban J connectivity index is 1.46. The van der Waals surface area contributed by atoms with Crippen LogP contribution in [0.4, 0.5) is 11.6 Å². The Hall–Kier alpha value is -2.90. The Morgan fingerprint density at radius 2 is 2.25 bits per heavy atom. The van der Waals surface area contributed by atoms with Crippen LogP contribution >= 0.6 is 0 Å². The van der Waals surface area contributed by atoms with E-state index in [0.717, 1.165) is 35.1 Å². The minimum absolute atomic E-state index is 0.0814. The monoisotopic (exact) mass is 382 g/mol. The maximum Gasteiger partial charge on any atom is 0.327 e. The second-order valence-corrected chi connectivity index (χ2v) is 7.58. The van der Waals surface area contributed by atoms with Crippen LogP contribution in [0, 0.1) is 11.8 Å². The van der Waals surface area contributed by atoms with Gasteiger partial charge in [0.25, 0.3) is 0 Å². The molecule has 0 radical (unpaired) electrons. The summed E-state index contributed by atoms with van der Waals surface area (Å²) in [5.74, 6) is 1.75. The molecule has 0 aromatic carbocycles. The van der Waals surface area contributed by atoms with Gasteiger partial charge in [-0.3, -0.25) is 9.48 Å². The summed E-state index contributed by atoms with van der Waals surface area (Å²) in [5, 5.41) is 8.38. The third-order valence-corrected chi connectivity index (χ3v) is 5.25. The normalized spacial score (nSPS) is 19.2. The topological polar surface area (TPSA) is 86.9 Å². The third kappa shape index (κ3) is 4.16. The fourth-order valence-corrected chi connectivity index (χ4v) is 3.93. The molecule has 1 N–H and O–H groups in total. The minimum atomic E-state index is -0.311. The van der Waals surface area contributed by atoms with E-state index >= 15 is 0 Å². The molecule has 1 aliphatic carbocycles. The molecule has 3 aromatic rings. The molecular weight excluding hydrogens is 356 g/mol. The van der Waals surface area contributed by atoms with Crippen molar-refractivity contribution in [2.75, 3.05) is 11.9 Å². The fraction of sp³-hybridized carbons (Fsp3) is 0.500. The van der Waals surface area contributed by atoms with E-state index in [2.05, 4.69) is 39.2 Å². The van der Waals surface area contributed by atoms with Crippen molar-refractivity contribution in [3.8, 4) is 0 Å². The summed E-state index contributed by atoms with van der Waals surface area (Å²) in [4.78, 5) is 20.7. The maximum absolute atomic E-state index is 11.6. The molecule has 3 aromatic heterocycles. The number of ether oxygens (including phenoxy) is 1. The largest absolute Gasteiger partial charge is 0.465 e. The predicted molar refractivity (Wildman–Crippen MR) is 106 cm³/mol. The molecule has 28 heavy (non-hydrogen) atoms. The van der Waals surface area contributed by atoms with Gasteiger partial charge in [-0.25, -0.2) is 4.98 Å². The summed E-state index contributed by atoms with van der Waals surface area (Å²) in [6, 6.07) is 2.06. The van der Waals surface area contributed by atoms with Crippen LogP contribution in [0.5, 0.6) is 0 Å². The van der Waals surface area contributed by atoms with Gasteiger partial charge in [-0.1, -0.05) is 13.3 Å². The number of hydrogen-bond donors (Lipinski definition) is 1. The van der Waals surface area contributed by atoms with Crippen LogP contribution in [0.3, 0.4) is 0 Å². The van der Waals surface area contributed by atoms with Gasteiger partial charge >= 0.3 is 5.97 Å². The molecule has 148 valence electrons. The highest BCUT2D eigenvalue weighted by molar-refractivity contribution is 5.76. The quantitative estimate of drug-likeness (QED) is 0.631. The van der Waals surface area contributed by atoms with Crippen LogP contribution in [0.2, 0.25) is 0 Å². The van der Waals surface area contributed by atoms with Crippen LogP contribution in [0.15, 0.2) is 30.9 Å². The van der Waals surface area contributed by atoms with E-state index in [1.165, 1.54) is 23.9 Å². The Bertz CT molecular complexity index is 963. The number of fused-ring (bicyclic) bond motifs is 1. The first-order chi connectivity index (χ1) is 13.6. The number of carbonyl (C=O) groups is 1. The van der Waals surface area contributed by atoms with Crippen molar-refractivity contribution < 1.29 is 9.53 Å². The van der Waals surface area contributed by atoms with Crippen molar-refractivity contribution in [2.45, 2.75) is 46.2 Å². The predicted octanol–water partition coefficient (Wildman–Crippen LogP) is 3.37. The van der Waals surface area contributed by atoms with Crippen LogP contribution in [0.25, 0.3) is 11.0 Å². The average molecular weight is 382 g/mol. The number of aromatic nitrogens is 5. The highest BCUT2D eigenvalue weighted by atomic mass is 16.5. The van der Waals surface area contributed by atoms with Crippen LogP contribution in [0.1, 0.15) is 33.1 Å². The van der Waals surface area contributed by atoms with E-state index in [0.29, 0.717) is 12.6 Å². The number of carbonyl (C=O) groups excluding carboxylic acids is 1. The van der Waals surface area contributed by atoms with Gasteiger partial charge in [0.2, 0.25) is 5.95 Å². The van der Waals surface area contributed by atoms with Gasteiger partial charge in [0, 0.05) is 30.5 Å². The first-order valence-corrected chi connectivity index (χ1v) is 9.87. The summed E-state index contributed by atoms with van der Waals surface area (Å²) in [5.41, 5.74) is 1.67. The first-order valence-electron chi connectivity index (χ1n) is 9.87. The molecule has 2 atom stereocenters. The zero-order chi connectivity index (χ0) is 19.5. The Morgan fingerprint density at radius 1 is 1.36 bits per heavy atom. The molecule has 0 amide bonds. The molecule has 0 bridgehead atoms. The van der Waals surface area contributed by atoms with E-state index in [9.17, 15) is 4.79 Å².